The first kappa shape index (κ1) is 12.8. The Morgan fingerprint density at radius 3 is 2.13 bits per heavy atom. The van der Waals surface area contributed by atoms with Crippen LogP contribution in [-0.4, -0.2) is 40.9 Å². The van der Waals surface area contributed by atoms with Crippen molar-refractivity contribution in [2.45, 2.75) is 45.0 Å². The fraction of sp³-hybridized carbons (Fsp3) is 1.00. The number of rotatable bonds is 2. The van der Waals surface area contributed by atoms with Crippen LogP contribution in [0.1, 0.15) is 27.2 Å². The van der Waals surface area contributed by atoms with Crippen LogP contribution in [0.4, 0.5) is 13.2 Å². The van der Waals surface area contributed by atoms with Crippen LogP contribution >= 0.6 is 0 Å². The van der Waals surface area contributed by atoms with Gasteiger partial charge in [-0.05, 0) is 19.3 Å². The van der Waals surface area contributed by atoms with E-state index < -0.39 is 23.7 Å². The van der Waals surface area contributed by atoms with E-state index in [9.17, 15) is 18.3 Å². The van der Waals surface area contributed by atoms with Crippen LogP contribution in [0.15, 0.2) is 0 Å². The number of hydrogen-bond donors (Lipinski definition) is 1. The SMILES string of the molecule is CC(C)C(N1CCC(C)(O)C1)C(F)(F)F. The second kappa shape index (κ2) is 3.94. The van der Waals surface area contributed by atoms with Gasteiger partial charge in [0.05, 0.1) is 5.60 Å². The van der Waals surface area contributed by atoms with Gasteiger partial charge < -0.3 is 5.11 Å². The Labute approximate surface area is 88.1 Å². The van der Waals surface area contributed by atoms with Gasteiger partial charge in [0.2, 0.25) is 0 Å². The molecule has 1 heterocycles. The summed E-state index contributed by atoms with van der Waals surface area (Å²) in [4.78, 5) is 1.34. The van der Waals surface area contributed by atoms with E-state index in [1.54, 1.807) is 20.8 Å². The molecule has 0 saturated carbocycles. The highest BCUT2D eigenvalue weighted by Gasteiger charge is 2.48. The Hall–Kier alpha value is -0.290. The topological polar surface area (TPSA) is 23.5 Å². The van der Waals surface area contributed by atoms with Crippen LogP contribution in [0.3, 0.4) is 0 Å². The summed E-state index contributed by atoms with van der Waals surface area (Å²) in [6.45, 7) is 5.13. The Kier molecular flexibility index (Phi) is 3.36. The molecule has 0 spiro atoms. The molecular weight excluding hydrogens is 207 g/mol. The summed E-state index contributed by atoms with van der Waals surface area (Å²) >= 11 is 0. The normalized spacial score (nSPS) is 31.2. The summed E-state index contributed by atoms with van der Waals surface area (Å²) in [5.41, 5.74) is -0.974. The Morgan fingerprint density at radius 2 is 1.87 bits per heavy atom. The van der Waals surface area contributed by atoms with Gasteiger partial charge in [0, 0.05) is 13.1 Å². The Morgan fingerprint density at radius 1 is 1.33 bits per heavy atom. The fourth-order valence-electron chi connectivity index (χ4n) is 2.22. The Bertz CT molecular complexity index is 225. The molecule has 2 nitrogen and oxygen atoms in total. The van der Waals surface area contributed by atoms with Gasteiger partial charge in [0.15, 0.2) is 0 Å². The van der Waals surface area contributed by atoms with Crippen LogP contribution in [-0.2, 0) is 0 Å². The maximum absolute atomic E-state index is 12.8. The van der Waals surface area contributed by atoms with Crippen molar-refractivity contribution in [1.29, 1.82) is 0 Å². The van der Waals surface area contributed by atoms with Crippen LogP contribution in [0.2, 0.25) is 0 Å². The van der Waals surface area contributed by atoms with Crippen LogP contribution < -0.4 is 0 Å². The number of alkyl halides is 3. The molecular formula is C10H18F3NO. The fourth-order valence-corrected chi connectivity index (χ4v) is 2.22. The number of aliphatic hydroxyl groups is 1. The summed E-state index contributed by atoms with van der Waals surface area (Å²) < 4.78 is 38.3. The number of nitrogens with zero attached hydrogens (tertiary/aromatic N) is 1. The summed E-state index contributed by atoms with van der Waals surface area (Å²) in [5, 5.41) is 9.65. The zero-order valence-electron chi connectivity index (χ0n) is 9.30. The Balaban J connectivity index is 2.76. The monoisotopic (exact) mass is 225 g/mol. The molecule has 1 fully saturated rings. The molecule has 1 saturated heterocycles. The van der Waals surface area contributed by atoms with Gasteiger partial charge in [-0.1, -0.05) is 13.8 Å². The molecule has 0 bridgehead atoms. The number of halogens is 3. The predicted molar refractivity (Wildman–Crippen MR) is 51.5 cm³/mol. The number of hydrogen-bond acceptors (Lipinski definition) is 2. The van der Waals surface area contributed by atoms with E-state index in [-0.39, 0.29) is 6.54 Å². The highest BCUT2D eigenvalue weighted by atomic mass is 19.4. The van der Waals surface area contributed by atoms with Gasteiger partial charge in [-0.2, -0.15) is 13.2 Å². The molecule has 2 unspecified atom stereocenters. The van der Waals surface area contributed by atoms with E-state index in [1.165, 1.54) is 4.90 Å². The summed E-state index contributed by atoms with van der Waals surface area (Å²) in [6.07, 6.45) is -3.80. The first-order valence-corrected chi connectivity index (χ1v) is 5.17. The van der Waals surface area contributed by atoms with Crippen LogP contribution in [0.5, 0.6) is 0 Å². The van der Waals surface area contributed by atoms with Crippen LogP contribution in [0, 0.1) is 5.92 Å². The predicted octanol–water partition coefficient (Wildman–Crippen LogP) is 2.03. The lowest BCUT2D eigenvalue weighted by atomic mass is 10.0. The van der Waals surface area contributed by atoms with Crippen molar-refractivity contribution in [1.82, 2.24) is 4.90 Å². The van der Waals surface area contributed by atoms with Crippen molar-refractivity contribution in [3.63, 3.8) is 0 Å². The minimum atomic E-state index is -4.21. The van der Waals surface area contributed by atoms with Gasteiger partial charge in [-0.3, -0.25) is 4.90 Å². The largest absolute Gasteiger partial charge is 0.404 e. The molecule has 0 aromatic heterocycles. The smallest absolute Gasteiger partial charge is 0.389 e. The van der Waals surface area contributed by atoms with Gasteiger partial charge in [-0.15, -0.1) is 0 Å². The summed E-state index contributed by atoms with van der Waals surface area (Å²) in [7, 11) is 0. The minimum absolute atomic E-state index is 0.107. The molecule has 0 amide bonds. The first-order valence-electron chi connectivity index (χ1n) is 5.17. The second-order valence-corrected chi connectivity index (χ2v) is 4.95. The zero-order chi connectivity index (χ0) is 11.9. The molecule has 0 aromatic rings. The number of β-amino-alcohol motifs (C(OH)–C–C–N with tert-alkyl or cyclic N) is 1. The highest BCUT2D eigenvalue weighted by Crippen LogP contribution is 2.34. The summed E-state index contributed by atoms with van der Waals surface area (Å²) in [6, 6.07) is -1.44. The molecule has 1 N–H and O–H groups in total. The third-order valence-electron chi connectivity index (χ3n) is 2.84. The van der Waals surface area contributed by atoms with Gasteiger partial charge in [0.25, 0.3) is 0 Å². The van der Waals surface area contributed by atoms with Crippen molar-refractivity contribution in [3.8, 4) is 0 Å². The zero-order valence-corrected chi connectivity index (χ0v) is 9.30. The first-order chi connectivity index (χ1) is 6.63. The van der Waals surface area contributed by atoms with Crippen molar-refractivity contribution in [2.75, 3.05) is 13.1 Å². The van der Waals surface area contributed by atoms with E-state index in [2.05, 4.69) is 0 Å². The third-order valence-corrected chi connectivity index (χ3v) is 2.84. The average molecular weight is 225 g/mol. The molecule has 1 rings (SSSR count). The quantitative estimate of drug-likeness (QED) is 0.777. The van der Waals surface area contributed by atoms with E-state index in [0.29, 0.717) is 13.0 Å². The molecule has 2 atom stereocenters. The molecule has 15 heavy (non-hydrogen) atoms. The van der Waals surface area contributed by atoms with E-state index in [0.717, 1.165) is 0 Å². The van der Waals surface area contributed by atoms with Crippen molar-refractivity contribution in [2.24, 2.45) is 5.92 Å². The van der Waals surface area contributed by atoms with Crippen molar-refractivity contribution in [3.05, 3.63) is 0 Å². The highest BCUT2D eigenvalue weighted by molar-refractivity contribution is 4.92. The molecule has 1 aliphatic heterocycles. The van der Waals surface area contributed by atoms with Crippen LogP contribution in [0.25, 0.3) is 0 Å². The van der Waals surface area contributed by atoms with Gasteiger partial charge >= 0.3 is 6.18 Å². The molecule has 1 aliphatic rings. The maximum Gasteiger partial charge on any atom is 0.404 e. The van der Waals surface area contributed by atoms with Gasteiger partial charge in [0.1, 0.15) is 6.04 Å². The third kappa shape index (κ3) is 3.08. The van der Waals surface area contributed by atoms with E-state index in [4.69, 9.17) is 0 Å². The van der Waals surface area contributed by atoms with Crippen molar-refractivity contribution >= 4 is 0 Å². The number of likely N-dealkylation sites (tertiary alicyclic amines) is 1. The lowest BCUT2D eigenvalue weighted by molar-refractivity contribution is -0.193. The molecule has 0 radical (unpaired) electrons. The second-order valence-electron chi connectivity index (χ2n) is 4.95. The lowest BCUT2D eigenvalue weighted by Gasteiger charge is -2.33. The van der Waals surface area contributed by atoms with Gasteiger partial charge in [-0.25, -0.2) is 0 Å². The lowest BCUT2D eigenvalue weighted by Crippen LogP contribution is -2.49. The van der Waals surface area contributed by atoms with Crippen molar-refractivity contribution < 1.29 is 18.3 Å². The molecule has 0 aliphatic carbocycles. The molecule has 5 heteroatoms. The maximum atomic E-state index is 12.8. The minimum Gasteiger partial charge on any atom is -0.389 e. The standard InChI is InChI=1S/C10H18F3NO/c1-7(2)8(10(11,12)13)14-5-4-9(3,15)6-14/h7-8,15H,4-6H2,1-3H3. The van der Waals surface area contributed by atoms with E-state index in [1.807, 2.05) is 0 Å². The summed E-state index contributed by atoms with van der Waals surface area (Å²) in [5.74, 6) is -0.487. The average Bonchev–Trinajstić information content (AvgIpc) is 2.25. The molecule has 0 aromatic carbocycles. The molecule has 90 valence electrons. The van der Waals surface area contributed by atoms with E-state index >= 15 is 0 Å².